The summed E-state index contributed by atoms with van der Waals surface area (Å²) >= 11 is 0. The van der Waals surface area contributed by atoms with Gasteiger partial charge >= 0.3 is 0 Å². The second-order valence-corrected chi connectivity index (χ2v) is 4.15. The largest absolute Gasteiger partial charge is 0.424 e. The van der Waals surface area contributed by atoms with Gasteiger partial charge in [-0.3, -0.25) is 0 Å². The van der Waals surface area contributed by atoms with Crippen molar-refractivity contribution in [3.05, 3.63) is 11.8 Å². The molecule has 0 aromatic carbocycles. The Morgan fingerprint density at radius 1 is 1.31 bits per heavy atom. The molecule has 0 spiro atoms. The van der Waals surface area contributed by atoms with Crippen LogP contribution < -0.4 is 5.32 Å². The predicted octanol–water partition coefficient (Wildman–Crippen LogP) is 1.29. The highest BCUT2D eigenvalue weighted by atomic mass is 16.5. The summed E-state index contributed by atoms with van der Waals surface area (Å²) in [6, 6.07) is 0. The number of hydrogen-bond donors (Lipinski definition) is 1. The van der Waals surface area contributed by atoms with Gasteiger partial charge < -0.3 is 14.5 Å². The van der Waals surface area contributed by atoms with Crippen molar-refractivity contribution in [3.8, 4) is 0 Å². The smallest absolute Gasteiger partial charge is 0.230 e. The van der Waals surface area contributed by atoms with Gasteiger partial charge in [0.1, 0.15) is 0 Å². The molecule has 2 rings (SSSR count). The van der Waals surface area contributed by atoms with Crippen molar-refractivity contribution in [1.29, 1.82) is 0 Å². The monoisotopic (exact) mass is 225 g/mol. The molecule has 0 bridgehead atoms. The number of aryl methyl sites for hydroxylation is 1. The normalized spacial score (nSPS) is 21.2. The van der Waals surface area contributed by atoms with Gasteiger partial charge in [-0.2, -0.15) is 0 Å². The minimum Gasteiger partial charge on any atom is -0.424 e. The van der Waals surface area contributed by atoms with Crippen LogP contribution in [-0.4, -0.2) is 30.0 Å². The van der Waals surface area contributed by atoms with E-state index < -0.39 is 0 Å². The van der Waals surface area contributed by atoms with Gasteiger partial charge in [-0.25, -0.2) is 0 Å². The molecule has 0 amide bonds. The fourth-order valence-electron chi connectivity index (χ4n) is 1.93. The van der Waals surface area contributed by atoms with Crippen LogP contribution in [-0.2, 0) is 17.7 Å². The van der Waals surface area contributed by atoms with Crippen LogP contribution in [0.3, 0.4) is 0 Å². The van der Waals surface area contributed by atoms with E-state index in [1.54, 1.807) is 0 Å². The molecule has 1 N–H and O–H groups in total. The summed E-state index contributed by atoms with van der Waals surface area (Å²) in [5, 5.41) is 10.9. The Morgan fingerprint density at radius 3 is 2.94 bits per heavy atom. The molecular weight excluding hydrogens is 206 g/mol. The van der Waals surface area contributed by atoms with E-state index in [0.29, 0.717) is 18.5 Å². The lowest BCUT2D eigenvalue weighted by Crippen LogP contribution is -2.19. The van der Waals surface area contributed by atoms with Crippen LogP contribution in [0.5, 0.6) is 0 Å². The number of ether oxygens (including phenoxy) is 1. The number of nitrogens with one attached hydrogen (secondary N) is 1. The second-order valence-electron chi connectivity index (χ2n) is 4.15. The van der Waals surface area contributed by atoms with Gasteiger partial charge in [-0.15, -0.1) is 10.2 Å². The molecule has 1 fully saturated rings. The van der Waals surface area contributed by atoms with Gasteiger partial charge in [0.25, 0.3) is 0 Å². The van der Waals surface area contributed by atoms with E-state index in [1.165, 1.54) is 12.8 Å². The molecule has 90 valence electrons. The van der Waals surface area contributed by atoms with E-state index in [2.05, 4.69) is 15.5 Å². The van der Waals surface area contributed by atoms with Crippen molar-refractivity contribution in [1.82, 2.24) is 15.5 Å². The van der Waals surface area contributed by atoms with E-state index in [1.807, 2.05) is 7.05 Å². The molecule has 1 saturated heterocycles. The molecule has 1 aliphatic rings. The molecule has 1 aromatic rings. The Kier molecular flexibility index (Phi) is 4.30. The first-order valence-corrected chi connectivity index (χ1v) is 5.96. The number of nitrogens with zero attached hydrogens (tertiary/aromatic N) is 2. The van der Waals surface area contributed by atoms with Crippen molar-refractivity contribution in [2.24, 2.45) is 0 Å². The fourth-order valence-corrected chi connectivity index (χ4v) is 1.93. The molecule has 5 nitrogen and oxygen atoms in total. The Bertz CT molecular complexity index is 308. The Balaban J connectivity index is 1.75. The fraction of sp³-hybridized carbons (Fsp3) is 0.818. The molecule has 0 aliphatic carbocycles. The van der Waals surface area contributed by atoms with Gasteiger partial charge in [0, 0.05) is 13.0 Å². The lowest BCUT2D eigenvalue weighted by molar-refractivity contribution is 0.0105. The first-order valence-electron chi connectivity index (χ1n) is 5.96. The van der Waals surface area contributed by atoms with Gasteiger partial charge in [-0.1, -0.05) is 0 Å². The zero-order chi connectivity index (χ0) is 11.2. The third-order valence-electron chi connectivity index (χ3n) is 2.79. The van der Waals surface area contributed by atoms with Crippen LogP contribution in [0.2, 0.25) is 0 Å². The van der Waals surface area contributed by atoms with Crippen molar-refractivity contribution in [2.45, 2.75) is 44.8 Å². The summed E-state index contributed by atoms with van der Waals surface area (Å²) in [6.45, 7) is 1.53. The maximum absolute atomic E-state index is 5.65. The van der Waals surface area contributed by atoms with Crippen molar-refractivity contribution in [2.75, 3.05) is 13.7 Å². The standard InChI is InChI=1S/C11H19N3O2/c1-12-8-11-14-13-10(16-11)6-5-9-4-2-3-7-15-9/h9,12H,2-8H2,1H3. The highest BCUT2D eigenvalue weighted by molar-refractivity contribution is 4.82. The molecule has 1 aromatic heterocycles. The molecule has 5 heteroatoms. The van der Waals surface area contributed by atoms with E-state index in [-0.39, 0.29) is 0 Å². The van der Waals surface area contributed by atoms with Crippen LogP contribution in [0.4, 0.5) is 0 Å². The van der Waals surface area contributed by atoms with Crippen molar-refractivity contribution in [3.63, 3.8) is 0 Å². The SMILES string of the molecule is CNCc1nnc(CCC2CCCCO2)o1. The molecule has 0 radical (unpaired) electrons. The zero-order valence-corrected chi connectivity index (χ0v) is 9.74. The molecular formula is C11H19N3O2. The van der Waals surface area contributed by atoms with Gasteiger partial charge in [0.15, 0.2) is 0 Å². The summed E-state index contributed by atoms with van der Waals surface area (Å²) in [7, 11) is 1.86. The van der Waals surface area contributed by atoms with Gasteiger partial charge in [-0.05, 0) is 32.7 Å². The predicted molar refractivity (Wildman–Crippen MR) is 59.0 cm³/mol. The lowest BCUT2D eigenvalue weighted by Gasteiger charge is -2.21. The minimum absolute atomic E-state index is 0.383. The van der Waals surface area contributed by atoms with E-state index in [0.717, 1.165) is 31.8 Å². The number of hydrogen-bond acceptors (Lipinski definition) is 5. The van der Waals surface area contributed by atoms with Crippen LogP contribution in [0, 0.1) is 0 Å². The summed E-state index contributed by atoms with van der Waals surface area (Å²) in [5.74, 6) is 1.38. The molecule has 1 aliphatic heterocycles. The van der Waals surface area contributed by atoms with Gasteiger partial charge in [0.2, 0.25) is 11.8 Å². The Labute approximate surface area is 95.6 Å². The lowest BCUT2D eigenvalue weighted by atomic mass is 10.0. The minimum atomic E-state index is 0.383. The Morgan fingerprint density at radius 2 is 2.19 bits per heavy atom. The first-order chi connectivity index (χ1) is 7.88. The zero-order valence-electron chi connectivity index (χ0n) is 9.74. The molecule has 2 heterocycles. The van der Waals surface area contributed by atoms with Crippen LogP contribution in [0.15, 0.2) is 4.42 Å². The number of aromatic nitrogens is 2. The maximum atomic E-state index is 5.65. The van der Waals surface area contributed by atoms with Crippen LogP contribution in [0.1, 0.15) is 37.5 Å². The Hall–Kier alpha value is -0.940. The van der Waals surface area contributed by atoms with E-state index in [4.69, 9.17) is 9.15 Å². The maximum Gasteiger partial charge on any atom is 0.230 e. The van der Waals surface area contributed by atoms with Gasteiger partial charge in [0.05, 0.1) is 12.6 Å². The average molecular weight is 225 g/mol. The molecule has 16 heavy (non-hydrogen) atoms. The summed E-state index contributed by atoms with van der Waals surface area (Å²) in [4.78, 5) is 0. The number of rotatable bonds is 5. The summed E-state index contributed by atoms with van der Waals surface area (Å²) < 4.78 is 11.1. The third kappa shape index (κ3) is 3.28. The van der Waals surface area contributed by atoms with Crippen molar-refractivity contribution < 1.29 is 9.15 Å². The topological polar surface area (TPSA) is 60.2 Å². The van der Waals surface area contributed by atoms with E-state index in [9.17, 15) is 0 Å². The summed E-state index contributed by atoms with van der Waals surface area (Å²) in [5.41, 5.74) is 0. The second kappa shape index (κ2) is 5.96. The average Bonchev–Trinajstić information content (AvgIpc) is 2.76. The molecule has 1 atom stereocenters. The quantitative estimate of drug-likeness (QED) is 0.818. The molecule has 0 saturated carbocycles. The highest BCUT2D eigenvalue weighted by Gasteiger charge is 2.15. The first kappa shape index (κ1) is 11.5. The van der Waals surface area contributed by atoms with Crippen molar-refractivity contribution >= 4 is 0 Å². The summed E-state index contributed by atoms with van der Waals surface area (Å²) in [6.07, 6.45) is 5.83. The van der Waals surface area contributed by atoms with Crippen LogP contribution in [0.25, 0.3) is 0 Å². The molecule has 1 unspecified atom stereocenters. The van der Waals surface area contributed by atoms with Crippen LogP contribution >= 0.6 is 0 Å². The van der Waals surface area contributed by atoms with E-state index >= 15 is 0 Å². The highest BCUT2D eigenvalue weighted by Crippen LogP contribution is 2.17. The third-order valence-corrected chi connectivity index (χ3v) is 2.79.